The molecule has 1 aromatic carbocycles. The van der Waals surface area contributed by atoms with Gasteiger partial charge >= 0.3 is 0 Å². The number of halogens is 2. The first-order valence-corrected chi connectivity index (χ1v) is 10.1. The van der Waals surface area contributed by atoms with Crippen molar-refractivity contribution in [2.24, 2.45) is 5.92 Å². The lowest BCUT2D eigenvalue weighted by atomic mass is 9.93. The third-order valence-corrected chi connectivity index (χ3v) is 5.55. The van der Waals surface area contributed by atoms with E-state index in [0.29, 0.717) is 28.8 Å². The largest absolute Gasteiger partial charge is 0.496 e. The normalized spacial score (nSPS) is 19.6. The predicted octanol–water partition coefficient (Wildman–Crippen LogP) is 4.86. The van der Waals surface area contributed by atoms with Crippen molar-refractivity contribution in [1.82, 2.24) is 9.88 Å². The maximum atomic E-state index is 13.3. The Morgan fingerprint density at radius 3 is 2.89 bits per heavy atom. The summed E-state index contributed by atoms with van der Waals surface area (Å²) in [6.45, 7) is 3.56. The van der Waals surface area contributed by atoms with Crippen molar-refractivity contribution in [3.8, 4) is 5.75 Å². The minimum atomic E-state index is -0.0226. The minimum absolute atomic E-state index is 0.0226. The van der Waals surface area contributed by atoms with E-state index in [9.17, 15) is 4.79 Å². The molecule has 0 saturated carbocycles. The van der Waals surface area contributed by atoms with E-state index < -0.39 is 0 Å². The van der Waals surface area contributed by atoms with Crippen LogP contribution in [0.25, 0.3) is 0 Å². The molecule has 1 N–H and O–H groups in total. The van der Waals surface area contributed by atoms with Crippen LogP contribution in [0, 0.1) is 5.92 Å². The Hall–Kier alpha value is -1.79. The average molecular weight is 453 g/mol. The second-order valence-electron chi connectivity index (χ2n) is 6.88. The van der Waals surface area contributed by atoms with Gasteiger partial charge in [0.1, 0.15) is 11.6 Å². The van der Waals surface area contributed by atoms with Crippen LogP contribution in [0.15, 0.2) is 41.0 Å². The van der Waals surface area contributed by atoms with Crippen molar-refractivity contribution in [2.45, 2.75) is 25.8 Å². The molecule has 1 aromatic heterocycles. The second kappa shape index (κ2) is 8.93. The number of amides is 1. The third-order valence-electron chi connectivity index (χ3n) is 4.84. The molecule has 1 amide bonds. The Labute approximate surface area is 173 Å². The third kappa shape index (κ3) is 4.93. The molecule has 0 aliphatic carbocycles. The number of nitrogens with one attached hydrogen (secondary N) is 1. The number of pyridine rings is 1. The molecule has 3 rings (SSSR count). The first-order chi connectivity index (χ1) is 13.0. The molecule has 1 aliphatic rings. The summed E-state index contributed by atoms with van der Waals surface area (Å²) < 4.78 is 6.31. The van der Waals surface area contributed by atoms with Gasteiger partial charge in [-0.25, -0.2) is 4.98 Å². The van der Waals surface area contributed by atoms with Crippen LogP contribution in [0.1, 0.15) is 30.1 Å². The first-order valence-electron chi connectivity index (χ1n) is 8.98. The van der Waals surface area contributed by atoms with Crippen molar-refractivity contribution >= 4 is 39.3 Å². The molecule has 1 fully saturated rings. The van der Waals surface area contributed by atoms with Crippen LogP contribution in [-0.4, -0.2) is 42.0 Å². The number of anilines is 1. The highest BCUT2D eigenvalue weighted by Gasteiger charge is 2.31. The molecule has 1 saturated heterocycles. The van der Waals surface area contributed by atoms with Gasteiger partial charge in [0.25, 0.3) is 5.91 Å². The number of ether oxygens (including phenoxy) is 1. The molecule has 1 aliphatic heterocycles. The molecule has 144 valence electrons. The molecule has 7 heteroatoms. The highest BCUT2D eigenvalue weighted by molar-refractivity contribution is 9.10. The number of carbonyl (C=O) groups excluding carboxylic acids is 1. The van der Waals surface area contributed by atoms with Crippen molar-refractivity contribution in [3.05, 3.63) is 51.6 Å². The van der Waals surface area contributed by atoms with Crippen LogP contribution in [0.2, 0.25) is 5.02 Å². The predicted molar refractivity (Wildman–Crippen MR) is 112 cm³/mol. The second-order valence-corrected chi connectivity index (χ2v) is 8.23. The zero-order valence-corrected chi connectivity index (χ0v) is 17.8. The van der Waals surface area contributed by atoms with Crippen LogP contribution in [0.4, 0.5) is 5.82 Å². The summed E-state index contributed by atoms with van der Waals surface area (Å²) in [5.74, 6) is 1.75. The maximum Gasteiger partial charge on any atom is 0.257 e. The summed E-state index contributed by atoms with van der Waals surface area (Å²) in [4.78, 5) is 19.6. The van der Waals surface area contributed by atoms with Gasteiger partial charge < -0.3 is 15.0 Å². The molecular formula is C20H23BrClN3O2. The molecule has 0 radical (unpaired) electrons. The van der Waals surface area contributed by atoms with Crippen molar-refractivity contribution in [1.29, 1.82) is 0 Å². The van der Waals surface area contributed by atoms with E-state index in [1.807, 2.05) is 17.0 Å². The molecule has 0 spiro atoms. The minimum Gasteiger partial charge on any atom is -0.496 e. The molecule has 2 atom stereocenters. The molecule has 0 bridgehead atoms. The van der Waals surface area contributed by atoms with E-state index >= 15 is 0 Å². The molecular weight excluding hydrogens is 430 g/mol. The van der Waals surface area contributed by atoms with Crippen LogP contribution in [-0.2, 0) is 0 Å². The average Bonchev–Trinajstić information content (AvgIpc) is 2.67. The maximum absolute atomic E-state index is 13.3. The van der Waals surface area contributed by atoms with E-state index in [0.717, 1.165) is 29.7 Å². The van der Waals surface area contributed by atoms with Gasteiger partial charge in [-0.2, -0.15) is 0 Å². The van der Waals surface area contributed by atoms with Crippen LogP contribution >= 0.6 is 27.5 Å². The Balaban J connectivity index is 1.77. The number of methoxy groups -OCH3 is 1. The van der Waals surface area contributed by atoms with E-state index in [2.05, 4.69) is 33.2 Å². The standard InChI is InChI=1S/C20H23BrClN3O2/c1-13-3-6-16(11-24-19-8-4-14(21)10-23-19)25(12-13)20(26)17-7-5-15(22)9-18(17)27-2/h4-5,7-10,13,16H,3,6,11-12H2,1-2H3,(H,23,24)/t13-,16-/m0/s1. The number of nitrogens with zero attached hydrogens (tertiary/aromatic N) is 2. The fourth-order valence-corrected chi connectivity index (χ4v) is 3.77. The van der Waals surface area contributed by atoms with E-state index in [-0.39, 0.29) is 11.9 Å². The van der Waals surface area contributed by atoms with E-state index in [4.69, 9.17) is 16.3 Å². The fraction of sp³-hybridized carbons (Fsp3) is 0.400. The highest BCUT2D eigenvalue weighted by Crippen LogP contribution is 2.29. The first kappa shape index (κ1) is 20.0. The Bertz CT molecular complexity index is 800. The topological polar surface area (TPSA) is 54.5 Å². The van der Waals surface area contributed by atoms with Gasteiger partial charge in [-0.1, -0.05) is 18.5 Å². The van der Waals surface area contributed by atoms with Crippen LogP contribution < -0.4 is 10.1 Å². The number of aromatic nitrogens is 1. The molecule has 0 unspecified atom stereocenters. The van der Waals surface area contributed by atoms with E-state index in [1.165, 1.54) is 0 Å². The summed E-state index contributed by atoms with van der Waals surface area (Å²) in [6.07, 6.45) is 3.81. The summed E-state index contributed by atoms with van der Waals surface area (Å²) >= 11 is 9.43. The fourth-order valence-electron chi connectivity index (χ4n) is 3.37. The smallest absolute Gasteiger partial charge is 0.257 e. The number of carbonyl (C=O) groups is 1. The van der Waals surface area contributed by atoms with Gasteiger partial charge in [0, 0.05) is 34.8 Å². The van der Waals surface area contributed by atoms with Crippen molar-refractivity contribution in [2.75, 3.05) is 25.5 Å². The zero-order chi connectivity index (χ0) is 19.4. The molecule has 27 heavy (non-hydrogen) atoms. The van der Waals surface area contributed by atoms with E-state index in [1.54, 1.807) is 31.5 Å². The number of benzene rings is 1. The van der Waals surface area contributed by atoms with Crippen molar-refractivity contribution < 1.29 is 9.53 Å². The Morgan fingerprint density at radius 1 is 1.37 bits per heavy atom. The Kier molecular flexibility index (Phi) is 6.60. The monoisotopic (exact) mass is 451 g/mol. The van der Waals surface area contributed by atoms with Gasteiger partial charge in [0.2, 0.25) is 0 Å². The van der Waals surface area contributed by atoms with Gasteiger partial charge in [-0.3, -0.25) is 4.79 Å². The van der Waals surface area contributed by atoms with Gasteiger partial charge in [-0.15, -0.1) is 0 Å². The number of rotatable bonds is 5. The van der Waals surface area contributed by atoms with Crippen LogP contribution in [0.5, 0.6) is 5.75 Å². The zero-order valence-electron chi connectivity index (χ0n) is 15.4. The lowest BCUT2D eigenvalue weighted by molar-refractivity contribution is 0.0562. The van der Waals surface area contributed by atoms with Gasteiger partial charge in [0.05, 0.1) is 12.7 Å². The SMILES string of the molecule is COc1cc(Cl)ccc1C(=O)N1C[C@@H](C)CC[C@H]1CNc1ccc(Br)cn1. The van der Waals surface area contributed by atoms with Gasteiger partial charge in [0.15, 0.2) is 0 Å². The summed E-state index contributed by atoms with van der Waals surface area (Å²) in [5, 5.41) is 3.90. The molecule has 2 aromatic rings. The number of hydrogen-bond donors (Lipinski definition) is 1. The highest BCUT2D eigenvalue weighted by atomic mass is 79.9. The van der Waals surface area contributed by atoms with Gasteiger partial charge in [-0.05, 0) is 65.0 Å². The molecule has 2 heterocycles. The Morgan fingerprint density at radius 2 is 2.19 bits per heavy atom. The molecule has 5 nitrogen and oxygen atoms in total. The number of likely N-dealkylation sites (tertiary alicyclic amines) is 1. The quantitative estimate of drug-likeness (QED) is 0.704. The van der Waals surface area contributed by atoms with Crippen molar-refractivity contribution in [3.63, 3.8) is 0 Å². The summed E-state index contributed by atoms with van der Waals surface area (Å²) in [7, 11) is 1.56. The lowest BCUT2D eigenvalue weighted by Crippen LogP contribution is -2.49. The lowest BCUT2D eigenvalue weighted by Gasteiger charge is -2.39. The van der Waals surface area contributed by atoms with Crippen LogP contribution in [0.3, 0.4) is 0 Å². The summed E-state index contributed by atoms with van der Waals surface area (Å²) in [6, 6.07) is 9.11. The number of piperidine rings is 1. The number of hydrogen-bond acceptors (Lipinski definition) is 4. The summed E-state index contributed by atoms with van der Waals surface area (Å²) in [5.41, 5.74) is 0.544.